The number of anilines is 1. The van der Waals surface area contributed by atoms with Crippen molar-refractivity contribution in [1.29, 1.82) is 0 Å². The predicted molar refractivity (Wildman–Crippen MR) is 63.1 cm³/mol. The van der Waals surface area contributed by atoms with Crippen LogP contribution in [0.2, 0.25) is 0 Å². The molecule has 0 aliphatic heterocycles. The molecule has 0 fully saturated rings. The summed E-state index contributed by atoms with van der Waals surface area (Å²) in [4.78, 5) is 3.15. The molecule has 1 aromatic heterocycles. The fourth-order valence-electron chi connectivity index (χ4n) is 1.22. The van der Waals surface area contributed by atoms with Crippen molar-refractivity contribution in [2.24, 2.45) is 0 Å². The standard InChI is InChI=1S/C8H6BrIN2/c9-4-1-6(11)8-5(10)3-12-7(8)2-4/h1-3,12H,11H2. The highest BCUT2D eigenvalue weighted by atomic mass is 127. The summed E-state index contributed by atoms with van der Waals surface area (Å²) in [5.74, 6) is 0. The van der Waals surface area contributed by atoms with Crippen LogP contribution in [0.3, 0.4) is 0 Å². The summed E-state index contributed by atoms with van der Waals surface area (Å²) < 4.78 is 2.17. The summed E-state index contributed by atoms with van der Waals surface area (Å²) in [6.07, 6.45) is 1.95. The molecule has 0 unspecified atom stereocenters. The molecule has 1 heterocycles. The normalized spacial score (nSPS) is 10.8. The summed E-state index contributed by atoms with van der Waals surface area (Å²) in [6.45, 7) is 0. The van der Waals surface area contributed by atoms with Crippen molar-refractivity contribution in [3.05, 3.63) is 26.4 Å². The van der Waals surface area contributed by atoms with Crippen molar-refractivity contribution < 1.29 is 0 Å². The molecule has 0 amide bonds. The second-order valence-corrected chi connectivity index (χ2v) is 4.63. The molecule has 2 nitrogen and oxygen atoms in total. The minimum atomic E-state index is 0.810. The number of nitrogens with one attached hydrogen (secondary N) is 1. The van der Waals surface area contributed by atoms with E-state index in [1.54, 1.807) is 0 Å². The number of aromatic amines is 1. The van der Waals surface area contributed by atoms with Gasteiger partial charge in [-0.1, -0.05) is 15.9 Å². The van der Waals surface area contributed by atoms with Crippen LogP contribution in [0.25, 0.3) is 10.9 Å². The lowest BCUT2D eigenvalue weighted by Gasteiger charge is -1.98. The number of benzene rings is 1. The van der Waals surface area contributed by atoms with Gasteiger partial charge in [0.25, 0.3) is 0 Å². The lowest BCUT2D eigenvalue weighted by Crippen LogP contribution is -1.86. The minimum absolute atomic E-state index is 0.810. The Bertz CT molecular complexity index is 436. The number of H-pyrrole nitrogens is 1. The van der Waals surface area contributed by atoms with Crippen molar-refractivity contribution in [3.8, 4) is 0 Å². The van der Waals surface area contributed by atoms with E-state index in [0.29, 0.717) is 0 Å². The average Bonchev–Trinajstić information content (AvgIpc) is 2.31. The second-order valence-electron chi connectivity index (χ2n) is 2.55. The number of hydrogen-bond acceptors (Lipinski definition) is 1. The smallest absolute Gasteiger partial charge is 0.0497 e. The minimum Gasteiger partial charge on any atom is -0.398 e. The Hall–Kier alpha value is -0.230. The Morgan fingerprint density at radius 3 is 2.92 bits per heavy atom. The molecule has 0 aliphatic rings. The van der Waals surface area contributed by atoms with Crippen LogP contribution in [0.1, 0.15) is 0 Å². The van der Waals surface area contributed by atoms with Crippen LogP contribution in [0.5, 0.6) is 0 Å². The molecule has 4 heteroatoms. The van der Waals surface area contributed by atoms with Gasteiger partial charge in [-0.15, -0.1) is 0 Å². The molecule has 1 aromatic carbocycles. The summed E-state index contributed by atoms with van der Waals surface area (Å²) >= 11 is 5.65. The largest absolute Gasteiger partial charge is 0.398 e. The van der Waals surface area contributed by atoms with Crippen molar-refractivity contribution in [3.63, 3.8) is 0 Å². The van der Waals surface area contributed by atoms with Gasteiger partial charge >= 0.3 is 0 Å². The Labute approximate surface area is 91.8 Å². The van der Waals surface area contributed by atoms with Gasteiger partial charge in [-0.25, -0.2) is 0 Å². The topological polar surface area (TPSA) is 41.8 Å². The lowest BCUT2D eigenvalue weighted by atomic mass is 10.2. The highest BCUT2D eigenvalue weighted by Gasteiger charge is 2.04. The molecule has 62 valence electrons. The van der Waals surface area contributed by atoms with Gasteiger partial charge in [-0.3, -0.25) is 0 Å². The van der Waals surface area contributed by atoms with Gasteiger partial charge in [-0.2, -0.15) is 0 Å². The Kier molecular flexibility index (Phi) is 2.04. The van der Waals surface area contributed by atoms with Gasteiger partial charge in [0.05, 0.1) is 0 Å². The maximum atomic E-state index is 5.85. The zero-order chi connectivity index (χ0) is 8.72. The third-order valence-electron chi connectivity index (χ3n) is 1.73. The molecule has 0 spiro atoms. The van der Waals surface area contributed by atoms with E-state index in [0.717, 1.165) is 24.6 Å². The van der Waals surface area contributed by atoms with Crippen LogP contribution in [0.4, 0.5) is 5.69 Å². The molecule has 0 aliphatic carbocycles. The first-order valence-corrected chi connectivity index (χ1v) is 5.27. The lowest BCUT2D eigenvalue weighted by molar-refractivity contribution is 1.46. The fourth-order valence-corrected chi connectivity index (χ4v) is 2.45. The van der Waals surface area contributed by atoms with E-state index in [4.69, 9.17) is 5.73 Å². The van der Waals surface area contributed by atoms with Crippen molar-refractivity contribution >= 4 is 55.1 Å². The number of hydrogen-bond donors (Lipinski definition) is 2. The highest BCUT2D eigenvalue weighted by molar-refractivity contribution is 14.1. The van der Waals surface area contributed by atoms with E-state index < -0.39 is 0 Å². The van der Waals surface area contributed by atoms with Crippen molar-refractivity contribution in [1.82, 2.24) is 4.98 Å². The van der Waals surface area contributed by atoms with Crippen LogP contribution >= 0.6 is 38.5 Å². The van der Waals surface area contributed by atoms with Gasteiger partial charge in [-0.05, 0) is 34.7 Å². The van der Waals surface area contributed by atoms with Gasteiger partial charge in [0, 0.05) is 30.8 Å². The SMILES string of the molecule is Nc1cc(Br)cc2[nH]cc(I)c12. The molecular formula is C8H6BrIN2. The molecule has 0 radical (unpaired) electrons. The Morgan fingerprint density at radius 1 is 1.42 bits per heavy atom. The van der Waals surface area contributed by atoms with E-state index in [9.17, 15) is 0 Å². The Balaban J connectivity index is 2.93. The number of rotatable bonds is 0. The molecule has 0 bridgehead atoms. The fraction of sp³-hybridized carbons (Fsp3) is 0. The van der Waals surface area contributed by atoms with Crippen LogP contribution in [0.15, 0.2) is 22.8 Å². The van der Waals surface area contributed by atoms with Gasteiger partial charge in [0.15, 0.2) is 0 Å². The molecule has 3 N–H and O–H groups in total. The summed E-state index contributed by atoms with van der Waals surface area (Å²) in [5, 5.41) is 1.11. The maximum Gasteiger partial charge on any atom is 0.0497 e. The molecule has 0 saturated heterocycles. The third-order valence-corrected chi connectivity index (χ3v) is 3.04. The summed E-state index contributed by atoms with van der Waals surface area (Å²) in [7, 11) is 0. The number of fused-ring (bicyclic) bond motifs is 1. The zero-order valence-electron chi connectivity index (χ0n) is 6.07. The third kappa shape index (κ3) is 1.22. The van der Waals surface area contributed by atoms with E-state index in [2.05, 4.69) is 43.5 Å². The molecular weight excluding hydrogens is 331 g/mol. The van der Waals surface area contributed by atoms with Crippen LogP contribution < -0.4 is 5.73 Å². The van der Waals surface area contributed by atoms with Crippen LogP contribution in [-0.2, 0) is 0 Å². The molecule has 2 aromatic rings. The first kappa shape index (κ1) is 8.37. The van der Waals surface area contributed by atoms with Crippen molar-refractivity contribution in [2.75, 3.05) is 5.73 Å². The Morgan fingerprint density at radius 2 is 2.17 bits per heavy atom. The zero-order valence-corrected chi connectivity index (χ0v) is 9.81. The maximum absolute atomic E-state index is 5.85. The van der Waals surface area contributed by atoms with E-state index in [-0.39, 0.29) is 0 Å². The predicted octanol–water partition coefficient (Wildman–Crippen LogP) is 3.12. The second kappa shape index (κ2) is 2.92. The molecule has 2 rings (SSSR count). The number of aromatic nitrogens is 1. The first-order valence-electron chi connectivity index (χ1n) is 3.40. The van der Waals surface area contributed by atoms with E-state index in [1.807, 2.05) is 18.3 Å². The van der Waals surface area contributed by atoms with E-state index in [1.165, 1.54) is 0 Å². The van der Waals surface area contributed by atoms with Crippen molar-refractivity contribution in [2.45, 2.75) is 0 Å². The number of nitrogens with two attached hydrogens (primary N) is 1. The summed E-state index contributed by atoms with van der Waals surface area (Å²) in [5.41, 5.74) is 7.73. The van der Waals surface area contributed by atoms with Crippen LogP contribution in [-0.4, -0.2) is 4.98 Å². The summed E-state index contributed by atoms with van der Waals surface area (Å²) in [6, 6.07) is 3.94. The van der Waals surface area contributed by atoms with Crippen LogP contribution in [0, 0.1) is 3.57 Å². The van der Waals surface area contributed by atoms with Gasteiger partial charge in [0.2, 0.25) is 0 Å². The average molecular weight is 337 g/mol. The molecule has 12 heavy (non-hydrogen) atoms. The first-order chi connectivity index (χ1) is 5.68. The highest BCUT2D eigenvalue weighted by Crippen LogP contribution is 2.29. The molecule has 0 atom stereocenters. The molecule has 0 saturated carbocycles. The van der Waals surface area contributed by atoms with Gasteiger partial charge < -0.3 is 10.7 Å². The number of nitrogen functional groups attached to an aromatic ring is 1. The number of halogens is 2. The monoisotopic (exact) mass is 336 g/mol. The van der Waals surface area contributed by atoms with Gasteiger partial charge in [0.1, 0.15) is 0 Å². The quantitative estimate of drug-likeness (QED) is 0.563. The van der Waals surface area contributed by atoms with E-state index >= 15 is 0 Å².